The van der Waals surface area contributed by atoms with Crippen molar-refractivity contribution in [2.75, 3.05) is 6.54 Å². The van der Waals surface area contributed by atoms with Crippen LogP contribution in [0.4, 0.5) is 17.6 Å². The molecule has 0 aliphatic carbocycles. The lowest BCUT2D eigenvalue weighted by Gasteiger charge is -2.19. The molecule has 0 fully saturated rings. The van der Waals surface area contributed by atoms with E-state index in [4.69, 9.17) is 5.73 Å². The third-order valence-corrected chi connectivity index (χ3v) is 3.68. The fourth-order valence-electron chi connectivity index (χ4n) is 1.24. The van der Waals surface area contributed by atoms with Gasteiger partial charge >= 0.3 is 6.18 Å². The average molecular weight is 314 g/mol. The molecule has 0 spiro atoms. The standard InChI is InChI=1S/C11H14F4N2O2S/c1-10(2,16)6-17-20(18,19)9-5-7(11(13,14)15)3-4-8(9)12/h3-5,17H,6,16H2,1-2H3. The van der Waals surface area contributed by atoms with Gasteiger partial charge in [-0.15, -0.1) is 0 Å². The molecule has 4 nitrogen and oxygen atoms in total. The van der Waals surface area contributed by atoms with Crippen LogP contribution in [0.5, 0.6) is 0 Å². The molecular formula is C11H14F4N2O2S. The van der Waals surface area contributed by atoms with Crippen molar-refractivity contribution >= 4 is 10.0 Å². The molecule has 0 aliphatic heterocycles. The number of alkyl halides is 3. The molecule has 0 saturated carbocycles. The lowest BCUT2D eigenvalue weighted by molar-refractivity contribution is -0.137. The van der Waals surface area contributed by atoms with Crippen LogP contribution in [0, 0.1) is 5.82 Å². The van der Waals surface area contributed by atoms with E-state index in [2.05, 4.69) is 0 Å². The third-order valence-electron chi connectivity index (χ3n) is 2.27. The van der Waals surface area contributed by atoms with Gasteiger partial charge in [0.15, 0.2) is 0 Å². The van der Waals surface area contributed by atoms with Crippen LogP contribution in [0.2, 0.25) is 0 Å². The summed E-state index contributed by atoms with van der Waals surface area (Å²) in [7, 11) is -4.41. The second-order valence-corrected chi connectivity index (χ2v) is 6.69. The monoisotopic (exact) mass is 314 g/mol. The van der Waals surface area contributed by atoms with E-state index < -0.39 is 38.0 Å². The Bertz CT molecular complexity index is 591. The summed E-state index contributed by atoms with van der Waals surface area (Å²) in [5.41, 5.74) is 3.39. The molecule has 0 aromatic heterocycles. The summed E-state index contributed by atoms with van der Waals surface area (Å²) >= 11 is 0. The second-order valence-electron chi connectivity index (χ2n) is 4.96. The molecule has 0 radical (unpaired) electrons. The van der Waals surface area contributed by atoms with Crippen LogP contribution < -0.4 is 10.5 Å². The Balaban J connectivity index is 3.18. The minimum Gasteiger partial charge on any atom is -0.324 e. The largest absolute Gasteiger partial charge is 0.416 e. The second kappa shape index (κ2) is 5.30. The number of nitrogens with two attached hydrogens (primary N) is 1. The zero-order chi connectivity index (χ0) is 15.8. The number of halogens is 4. The topological polar surface area (TPSA) is 72.2 Å². The number of sulfonamides is 1. The molecule has 0 aliphatic rings. The molecule has 1 aromatic rings. The van der Waals surface area contributed by atoms with Crippen molar-refractivity contribution in [3.63, 3.8) is 0 Å². The highest BCUT2D eigenvalue weighted by molar-refractivity contribution is 7.89. The predicted octanol–water partition coefficient (Wildman–Crippen LogP) is 1.86. The van der Waals surface area contributed by atoms with E-state index in [1.807, 2.05) is 4.72 Å². The molecule has 114 valence electrons. The van der Waals surface area contributed by atoms with Gasteiger partial charge in [0.2, 0.25) is 10.0 Å². The van der Waals surface area contributed by atoms with Crippen LogP contribution in [0.15, 0.2) is 23.1 Å². The van der Waals surface area contributed by atoms with Crippen molar-refractivity contribution in [1.29, 1.82) is 0 Å². The SMILES string of the molecule is CC(C)(N)CNS(=O)(=O)c1cc(C(F)(F)F)ccc1F. The summed E-state index contributed by atoms with van der Waals surface area (Å²) in [4.78, 5) is -1.06. The molecular weight excluding hydrogens is 300 g/mol. The highest BCUT2D eigenvalue weighted by atomic mass is 32.2. The molecule has 0 saturated heterocycles. The Morgan fingerprint density at radius 2 is 1.80 bits per heavy atom. The Hall–Kier alpha value is -1.19. The maximum absolute atomic E-state index is 13.5. The first-order valence-corrected chi connectivity index (χ1v) is 6.96. The van der Waals surface area contributed by atoms with E-state index in [9.17, 15) is 26.0 Å². The van der Waals surface area contributed by atoms with Crippen molar-refractivity contribution in [3.8, 4) is 0 Å². The lowest BCUT2D eigenvalue weighted by atomic mass is 10.1. The molecule has 3 N–H and O–H groups in total. The van der Waals surface area contributed by atoms with Crippen molar-refractivity contribution < 1.29 is 26.0 Å². The molecule has 0 heterocycles. The molecule has 1 aromatic carbocycles. The van der Waals surface area contributed by atoms with Crippen LogP contribution in [0.25, 0.3) is 0 Å². The molecule has 0 bridgehead atoms. The third kappa shape index (κ3) is 4.43. The summed E-state index contributed by atoms with van der Waals surface area (Å²) in [6.07, 6.45) is -4.76. The number of rotatable bonds is 4. The minimum absolute atomic E-state index is 0.245. The van der Waals surface area contributed by atoms with Gasteiger partial charge < -0.3 is 5.73 Å². The van der Waals surface area contributed by atoms with Crippen LogP contribution in [0.1, 0.15) is 19.4 Å². The first-order chi connectivity index (χ1) is 8.83. The van der Waals surface area contributed by atoms with Gasteiger partial charge in [-0.3, -0.25) is 0 Å². The molecule has 1 rings (SSSR count). The predicted molar refractivity (Wildman–Crippen MR) is 64.9 cm³/mol. The molecule has 0 unspecified atom stereocenters. The smallest absolute Gasteiger partial charge is 0.324 e. The molecule has 0 atom stereocenters. The Morgan fingerprint density at radius 3 is 2.25 bits per heavy atom. The summed E-state index contributed by atoms with van der Waals surface area (Å²) in [5, 5.41) is 0. The zero-order valence-corrected chi connectivity index (χ0v) is 11.6. The van der Waals surface area contributed by atoms with Crippen molar-refractivity contribution in [2.24, 2.45) is 5.73 Å². The number of nitrogens with one attached hydrogen (secondary N) is 1. The van der Waals surface area contributed by atoms with E-state index in [0.717, 1.165) is 0 Å². The Morgan fingerprint density at radius 1 is 1.25 bits per heavy atom. The maximum Gasteiger partial charge on any atom is 0.416 e. The van der Waals surface area contributed by atoms with E-state index in [0.29, 0.717) is 12.1 Å². The van der Waals surface area contributed by atoms with E-state index in [1.165, 1.54) is 13.8 Å². The summed E-state index contributed by atoms with van der Waals surface area (Å²) in [6, 6.07) is 1.19. The number of hydrogen-bond acceptors (Lipinski definition) is 3. The fourth-order valence-corrected chi connectivity index (χ4v) is 2.57. The highest BCUT2D eigenvalue weighted by Crippen LogP contribution is 2.31. The minimum atomic E-state index is -4.76. The molecule has 0 amide bonds. The lowest BCUT2D eigenvalue weighted by Crippen LogP contribution is -2.45. The van der Waals surface area contributed by atoms with Gasteiger partial charge in [-0.1, -0.05) is 0 Å². The van der Waals surface area contributed by atoms with Gasteiger partial charge in [-0.25, -0.2) is 17.5 Å². The Labute approximate surface area is 114 Å². The molecule has 9 heteroatoms. The zero-order valence-electron chi connectivity index (χ0n) is 10.8. The summed E-state index contributed by atoms with van der Waals surface area (Å²) in [5.74, 6) is -1.26. The number of hydrogen-bond donors (Lipinski definition) is 2. The average Bonchev–Trinajstić information content (AvgIpc) is 2.24. The van der Waals surface area contributed by atoms with Crippen LogP contribution in [-0.4, -0.2) is 20.5 Å². The summed E-state index contributed by atoms with van der Waals surface area (Å²) in [6.45, 7) is 2.78. The fraction of sp³-hybridized carbons (Fsp3) is 0.455. The van der Waals surface area contributed by atoms with Gasteiger partial charge in [0.1, 0.15) is 10.7 Å². The van der Waals surface area contributed by atoms with Crippen LogP contribution in [-0.2, 0) is 16.2 Å². The van der Waals surface area contributed by atoms with Gasteiger partial charge in [0, 0.05) is 12.1 Å². The number of benzene rings is 1. The molecule has 20 heavy (non-hydrogen) atoms. The van der Waals surface area contributed by atoms with Crippen molar-refractivity contribution in [1.82, 2.24) is 4.72 Å². The van der Waals surface area contributed by atoms with Crippen LogP contribution >= 0.6 is 0 Å². The van der Waals surface area contributed by atoms with E-state index in [-0.39, 0.29) is 12.6 Å². The first kappa shape index (κ1) is 16.9. The quantitative estimate of drug-likeness (QED) is 0.833. The van der Waals surface area contributed by atoms with E-state index >= 15 is 0 Å². The summed E-state index contributed by atoms with van der Waals surface area (Å²) < 4.78 is 76.6. The van der Waals surface area contributed by atoms with Crippen LogP contribution in [0.3, 0.4) is 0 Å². The van der Waals surface area contributed by atoms with Gasteiger partial charge in [0.25, 0.3) is 0 Å². The van der Waals surface area contributed by atoms with E-state index in [1.54, 1.807) is 0 Å². The Kier molecular flexibility index (Phi) is 4.47. The maximum atomic E-state index is 13.5. The highest BCUT2D eigenvalue weighted by Gasteiger charge is 2.33. The first-order valence-electron chi connectivity index (χ1n) is 5.48. The van der Waals surface area contributed by atoms with Gasteiger partial charge in [-0.2, -0.15) is 13.2 Å². The van der Waals surface area contributed by atoms with Crippen molar-refractivity contribution in [3.05, 3.63) is 29.6 Å². The van der Waals surface area contributed by atoms with Gasteiger partial charge in [-0.05, 0) is 32.0 Å². The van der Waals surface area contributed by atoms with Gasteiger partial charge in [0.05, 0.1) is 5.56 Å². The van der Waals surface area contributed by atoms with Crippen molar-refractivity contribution in [2.45, 2.75) is 30.5 Å². The normalized spacial score (nSPS) is 13.6.